The van der Waals surface area contributed by atoms with Crippen molar-refractivity contribution in [2.75, 3.05) is 5.75 Å². The van der Waals surface area contributed by atoms with Gasteiger partial charge in [0.1, 0.15) is 4.83 Å². The van der Waals surface area contributed by atoms with Crippen LogP contribution in [0.4, 0.5) is 0 Å². The zero-order chi connectivity index (χ0) is 12.7. The number of aryl methyl sites for hydroxylation is 1. The maximum Gasteiger partial charge on any atom is 0.260 e. The highest BCUT2D eigenvalue weighted by Gasteiger charge is 2.22. The van der Waals surface area contributed by atoms with Crippen LogP contribution >= 0.6 is 23.1 Å². The second-order valence-corrected chi connectivity index (χ2v) is 7.17. The lowest BCUT2D eigenvalue weighted by atomic mass is 9.89. The lowest BCUT2D eigenvalue weighted by Crippen LogP contribution is -2.13. The van der Waals surface area contributed by atoms with Crippen molar-refractivity contribution in [2.24, 2.45) is 5.92 Å². The van der Waals surface area contributed by atoms with Crippen LogP contribution in [0.2, 0.25) is 0 Å². The molecule has 2 heterocycles. The summed E-state index contributed by atoms with van der Waals surface area (Å²) in [5.74, 6) is 1.66. The van der Waals surface area contributed by atoms with E-state index >= 15 is 0 Å². The topological polar surface area (TPSA) is 45.8 Å². The lowest BCUT2D eigenvalue weighted by molar-refractivity contribution is 0.509. The summed E-state index contributed by atoms with van der Waals surface area (Å²) in [6, 6.07) is 0. The van der Waals surface area contributed by atoms with E-state index in [1.807, 2.05) is 0 Å². The highest BCUT2D eigenvalue weighted by Crippen LogP contribution is 2.35. The molecule has 0 spiro atoms. The van der Waals surface area contributed by atoms with Crippen molar-refractivity contribution in [3.8, 4) is 0 Å². The number of thiophene rings is 1. The molecule has 0 fully saturated rings. The number of aromatic amines is 1. The normalized spacial score (nSPS) is 19.1. The molecule has 1 aliphatic rings. The summed E-state index contributed by atoms with van der Waals surface area (Å²) in [7, 11) is 0. The van der Waals surface area contributed by atoms with Crippen LogP contribution in [-0.4, -0.2) is 15.7 Å². The number of thioether (sulfide) groups is 1. The Morgan fingerprint density at radius 1 is 1.56 bits per heavy atom. The zero-order valence-electron chi connectivity index (χ0n) is 10.6. The van der Waals surface area contributed by atoms with Gasteiger partial charge in [-0.3, -0.25) is 4.79 Å². The second kappa shape index (κ2) is 4.70. The molecule has 1 N–H and O–H groups in total. The third-order valence-electron chi connectivity index (χ3n) is 3.42. The number of hydrogen-bond donors (Lipinski definition) is 1. The van der Waals surface area contributed by atoms with Crippen molar-refractivity contribution in [3.05, 3.63) is 20.8 Å². The predicted octanol–water partition coefficient (Wildman–Crippen LogP) is 3.22. The Kier molecular flexibility index (Phi) is 3.20. The van der Waals surface area contributed by atoms with Gasteiger partial charge in [0.2, 0.25) is 0 Å². The Labute approximate surface area is 114 Å². The van der Waals surface area contributed by atoms with E-state index < -0.39 is 0 Å². The number of H-pyrrole nitrogens is 1. The fourth-order valence-corrected chi connectivity index (χ4v) is 4.57. The molecule has 0 amide bonds. The first-order chi connectivity index (χ1) is 8.69. The summed E-state index contributed by atoms with van der Waals surface area (Å²) in [6.45, 7) is 4.35. The Hall–Kier alpha value is -0.810. The summed E-state index contributed by atoms with van der Waals surface area (Å²) in [5.41, 5.74) is 1.30. The summed E-state index contributed by atoms with van der Waals surface area (Å²) >= 11 is 3.30. The quantitative estimate of drug-likeness (QED) is 0.678. The van der Waals surface area contributed by atoms with E-state index in [-0.39, 0.29) is 5.56 Å². The lowest BCUT2D eigenvalue weighted by Gasteiger charge is -2.17. The summed E-state index contributed by atoms with van der Waals surface area (Å²) in [5, 5.41) is 1.60. The van der Waals surface area contributed by atoms with Gasteiger partial charge in [-0.05, 0) is 36.5 Å². The third kappa shape index (κ3) is 1.99. The number of fused-ring (bicyclic) bond motifs is 3. The van der Waals surface area contributed by atoms with Crippen LogP contribution in [0.5, 0.6) is 0 Å². The standard InChI is InChI=1S/C13H16N2OS2/c1-3-17-13-14-11(16)10-8-5-4-7(2)6-9(8)18-12(10)15-13/h7H,3-6H2,1-2H3,(H,14,15,16). The van der Waals surface area contributed by atoms with E-state index in [0.29, 0.717) is 0 Å². The number of nitrogens with one attached hydrogen (secondary N) is 1. The largest absolute Gasteiger partial charge is 0.301 e. The van der Waals surface area contributed by atoms with Crippen LogP contribution in [0, 0.1) is 5.92 Å². The molecule has 0 radical (unpaired) electrons. The van der Waals surface area contributed by atoms with Crippen LogP contribution in [0.15, 0.2) is 9.95 Å². The van der Waals surface area contributed by atoms with Gasteiger partial charge < -0.3 is 4.98 Å². The fourth-order valence-electron chi connectivity index (χ4n) is 2.53. The molecular formula is C13H16N2OS2. The fraction of sp³-hybridized carbons (Fsp3) is 0.538. The van der Waals surface area contributed by atoms with E-state index in [2.05, 4.69) is 23.8 Å². The average Bonchev–Trinajstić information content (AvgIpc) is 2.66. The molecule has 96 valence electrons. The van der Waals surface area contributed by atoms with Crippen molar-refractivity contribution in [3.63, 3.8) is 0 Å². The molecular weight excluding hydrogens is 264 g/mol. The molecule has 1 aliphatic carbocycles. The molecule has 1 atom stereocenters. The monoisotopic (exact) mass is 280 g/mol. The van der Waals surface area contributed by atoms with Crippen LogP contribution in [0.3, 0.4) is 0 Å². The van der Waals surface area contributed by atoms with Crippen LogP contribution < -0.4 is 5.56 Å². The molecule has 18 heavy (non-hydrogen) atoms. The maximum absolute atomic E-state index is 12.2. The minimum Gasteiger partial charge on any atom is -0.301 e. The second-order valence-electron chi connectivity index (χ2n) is 4.84. The van der Waals surface area contributed by atoms with Crippen molar-refractivity contribution in [2.45, 2.75) is 38.3 Å². The maximum atomic E-state index is 12.2. The number of nitrogens with zero attached hydrogens (tertiary/aromatic N) is 1. The predicted molar refractivity (Wildman–Crippen MR) is 77.8 cm³/mol. The van der Waals surface area contributed by atoms with E-state index in [9.17, 15) is 4.79 Å². The minimum atomic E-state index is 0.0444. The molecule has 5 heteroatoms. The summed E-state index contributed by atoms with van der Waals surface area (Å²) < 4.78 is 0. The van der Waals surface area contributed by atoms with Crippen LogP contribution in [0.25, 0.3) is 10.2 Å². The van der Waals surface area contributed by atoms with Gasteiger partial charge in [0, 0.05) is 4.88 Å². The first-order valence-electron chi connectivity index (χ1n) is 6.36. The smallest absolute Gasteiger partial charge is 0.260 e. The van der Waals surface area contributed by atoms with Crippen LogP contribution in [-0.2, 0) is 12.8 Å². The van der Waals surface area contributed by atoms with Crippen molar-refractivity contribution in [1.29, 1.82) is 0 Å². The van der Waals surface area contributed by atoms with Gasteiger partial charge in [0.25, 0.3) is 5.56 Å². The van der Waals surface area contributed by atoms with Crippen LogP contribution in [0.1, 0.15) is 30.7 Å². The minimum absolute atomic E-state index is 0.0444. The molecule has 2 aromatic heterocycles. The zero-order valence-corrected chi connectivity index (χ0v) is 12.2. The number of hydrogen-bond acceptors (Lipinski definition) is 4. The average molecular weight is 280 g/mol. The Morgan fingerprint density at radius 3 is 3.17 bits per heavy atom. The number of rotatable bonds is 2. The first kappa shape index (κ1) is 12.2. The molecule has 3 rings (SSSR count). The third-order valence-corrected chi connectivity index (χ3v) is 5.33. The Balaban J connectivity index is 2.19. The van der Waals surface area contributed by atoms with Gasteiger partial charge in [0.05, 0.1) is 5.39 Å². The van der Waals surface area contributed by atoms with E-state index in [1.54, 1.807) is 23.1 Å². The van der Waals surface area contributed by atoms with Crippen molar-refractivity contribution in [1.82, 2.24) is 9.97 Å². The van der Waals surface area contributed by atoms with Gasteiger partial charge in [-0.25, -0.2) is 4.98 Å². The Bertz CT molecular complexity index is 644. The molecule has 3 nitrogen and oxygen atoms in total. The van der Waals surface area contributed by atoms with E-state index in [4.69, 9.17) is 0 Å². The van der Waals surface area contributed by atoms with Gasteiger partial charge in [0.15, 0.2) is 5.16 Å². The molecule has 1 unspecified atom stereocenters. The highest BCUT2D eigenvalue weighted by molar-refractivity contribution is 7.99. The van der Waals surface area contributed by atoms with Crippen molar-refractivity contribution >= 4 is 33.3 Å². The molecule has 0 saturated carbocycles. The van der Waals surface area contributed by atoms with Crippen molar-refractivity contribution < 1.29 is 0 Å². The SMILES string of the molecule is CCSc1nc2sc3c(c2c(=O)[nH]1)CCC(C)C3. The van der Waals surface area contributed by atoms with Gasteiger partial charge in [-0.2, -0.15) is 0 Å². The Morgan fingerprint density at radius 2 is 2.39 bits per heavy atom. The molecule has 0 bridgehead atoms. The summed E-state index contributed by atoms with van der Waals surface area (Å²) in [4.78, 5) is 22.0. The van der Waals surface area contributed by atoms with E-state index in [1.165, 1.54) is 16.9 Å². The molecule has 0 aromatic carbocycles. The molecule has 0 aliphatic heterocycles. The van der Waals surface area contributed by atoms with Gasteiger partial charge >= 0.3 is 0 Å². The number of aromatic nitrogens is 2. The molecule has 2 aromatic rings. The van der Waals surface area contributed by atoms with E-state index in [0.717, 1.165) is 39.9 Å². The first-order valence-corrected chi connectivity index (χ1v) is 8.16. The van der Waals surface area contributed by atoms with Gasteiger partial charge in [-0.15, -0.1) is 11.3 Å². The molecule has 0 saturated heterocycles. The summed E-state index contributed by atoms with van der Waals surface area (Å²) in [6.07, 6.45) is 3.32. The van der Waals surface area contributed by atoms with Gasteiger partial charge in [-0.1, -0.05) is 25.6 Å². The highest BCUT2D eigenvalue weighted by atomic mass is 32.2.